The molecule has 0 spiro atoms. The van der Waals surface area contributed by atoms with Gasteiger partial charge in [0.2, 0.25) is 5.91 Å². The van der Waals surface area contributed by atoms with Crippen molar-refractivity contribution in [2.45, 2.75) is 59.3 Å². The quantitative estimate of drug-likeness (QED) is 0.304. The summed E-state index contributed by atoms with van der Waals surface area (Å²) in [6.45, 7) is 7.03. The van der Waals surface area contributed by atoms with E-state index < -0.39 is 5.91 Å². The minimum Gasteiger partial charge on any atom is -0.366 e. The molecule has 1 saturated heterocycles. The number of nitrogens with two attached hydrogens (primary N) is 1. The number of hydrogen-bond acceptors (Lipinski definition) is 4. The summed E-state index contributed by atoms with van der Waals surface area (Å²) in [4.78, 5) is 26.7. The van der Waals surface area contributed by atoms with Crippen LogP contribution in [0.3, 0.4) is 0 Å². The third kappa shape index (κ3) is 5.16. The monoisotopic (exact) mass is 390 g/mol. The van der Waals surface area contributed by atoms with Crippen LogP contribution in [0.4, 0.5) is 4.79 Å². The molecule has 5 N–H and O–H groups in total. The lowest BCUT2D eigenvalue weighted by Crippen LogP contribution is -2.40. The first-order chi connectivity index (χ1) is 13.4. The van der Waals surface area contributed by atoms with E-state index >= 15 is 0 Å². The van der Waals surface area contributed by atoms with Crippen molar-refractivity contribution in [2.75, 3.05) is 13.1 Å². The number of rotatable bonds is 7. The largest absolute Gasteiger partial charge is 0.366 e. The SMILES string of the molecule is C\C=C(CCC)/C(=C\NO)C(/NC(=O)N1CC2CCCCC2C1)=C(\C)C(N)=O. The number of hydrogen-bond donors (Lipinski definition) is 4. The number of fused-ring (bicyclic) bond motifs is 1. The topological polar surface area (TPSA) is 108 Å². The number of likely N-dealkylation sites (tertiary alicyclic amines) is 1. The van der Waals surface area contributed by atoms with Crippen molar-refractivity contribution in [2.24, 2.45) is 17.6 Å². The molecule has 2 atom stereocenters. The standard InChI is InChI=1S/C21H34N4O3/c1-4-8-15(5-2)18(11-23-28)19(14(3)20(22)26)24-21(27)25-12-16-9-6-7-10-17(16)13-25/h5,11,16-17,23,28H,4,6-10,12-13H2,1-3H3,(H2,22,26)(H,24,27)/b15-5-,18-11+,19-14-. The molecule has 0 aromatic heterocycles. The molecule has 7 heteroatoms. The Morgan fingerprint density at radius 2 is 1.82 bits per heavy atom. The van der Waals surface area contributed by atoms with Crippen LogP contribution in [0.15, 0.2) is 34.7 Å². The molecular formula is C21H34N4O3. The maximum absolute atomic E-state index is 13.0. The Morgan fingerprint density at radius 1 is 1.21 bits per heavy atom. The van der Waals surface area contributed by atoms with E-state index in [0.29, 0.717) is 23.1 Å². The van der Waals surface area contributed by atoms with Crippen molar-refractivity contribution in [1.82, 2.24) is 15.7 Å². The lowest BCUT2D eigenvalue weighted by atomic mass is 9.82. The summed E-state index contributed by atoms with van der Waals surface area (Å²) < 4.78 is 0. The second kappa shape index (κ2) is 10.3. The van der Waals surface area contributed by atoms with Crippen LogP contribution in [0, 0.1) is 11.8 Å². The molecule has 0 bridgehead atoms. The molecule has 2 rings (SSSR count). The summed E-state index contributed by atoms with van der Waals surface area (Å²) in [5.74, 6) is 0.537. The van der Waals surface area contributed by atoms with Gasteiger partial charge in [0.1, 0.15) is 0 Å². The fraction of sp³-hybridized carbons (Fsp3) is 0.619. The lowest BCUT2D eigenvalue weighted by Gasteiger charge is -2.22. The molecule has 3 amide bonds. The molecule has 2 aliphatic rings. The van der Waals surface area contributed by atoms with Crippen molar-refractivity contribution in [1.29, 1.82) is 0 Å². The highest BCUT2D eigenvalue weighted by Crippen LogP contribution is 2.36. The first kappa shape index (κ1) is 22.0. The highest BCUT2D eigenvalue weighted by Gasteiger charge is 2.36. The van der Waals surface area contributed by atoms with E-state index in [1.807, 2.05) is 30.3 Å². The minimum absolute atomic E-state index is 0.221. The van der Waals surface area contributed by atoms with E-state index in [4.69, 9.17) is 5.73 Å². The van der Waals surface area contributed by atoms with Gasteiger partial charge in [0.15, 0.2) is 0 Å². The number of primary amides is 1. The fourth-order valence-corrected chi connectivity index (χ4v) is 4.34. The molecule has 2 unspecified atom stereocenters. The number of amides is 3. The van der Waals surface area contributed by atoms with Gasteiger partial charge in [-0.15, -0.1) is 0 Å². The molecule has 156 valence electrons. The Hall–Kier alpha value is -2.28. The van der Waals surface area contributed by atoms with Crippen molar-refractivity contribution in [3.8, 4) is 0 Å². The predicted octanol–water partition coefficient (Wildman–Crippen LogP) is 3.19. The summed E-state index contributed by atoms with van der Waals surface area (Å²) in [7, 11) is 0. The Labute approximate surface area is 167 Å². The Bertz CT molecular complexity index is 667. The van der Waals surface area contributed by atoms with Crippen molar-refractivity contribution < 1.29 is 14.8 Å². The van der Waals surface area contributed by atoms with Crippen LogP contribution in [-0.2, 0) is 4.79 Å². The average Bonchev–Trinajstić information content (AvgIpc) is 3.12. The van der Waals surface area contributed by atoms with Crippen LogP contribution in [0.2, 0.25) is 0 Å². The average molecular weight is 391 g/mol. The van der Waals surface area contributed by atoms with E-state index in [0.717, 1.165) is 31.5 Å². The van der Waals surface area contributed by atoms with Crippen molar-refractivity contribution in [3.05, 3.63) is 34.7 Å². The zero-order valence-electron chi connectivity index (χ0n) is 17.3. The van der Waals surface area contributed by atoms with Gasteiger partial charge in [-0.25, -0.2) is 4.79 Å². The van der Waals surface area contributed by atoms with E-state index in [-0.39, 0.29) is 11.6 Å². The number of nitrogens with one attached hydrogen (secondary N) is 2. The summed E-state index contributed by atoms with van der Waals surface area (Å²) >= 11 is 0. The van der Waals surface area contributed by atoms with E-state index in [1.165, 1.54) is 31.9 Å². The molecule has 0 radical (unpaired) electrons. The molecule has 1 aliphatic heterocycles. The minimum atomic E-state index is -0.610. The molecule has 2 fully saturated rings. The Kier molecular flexibility index (Phi) is 8.11. The van der Waals surface area contributed by atoms with Crippen LogP contribution in [0.25, 0.3) is 0 Å². The molecule has 1 aliphatic carbocycles. The van der Waals surface area contributed by atoms with E-state index in [9.17, 15) is 14.8 Å². The Morgan fingerprint density at radius 3 is 2.29 bits per heavy atom. The maximum atomic E-state index is 13.0. The fourth-order valence-electron chi connectivity index (χ4n) is 4.34. The van der Waals surface area contributed by atoms with E-state index in [1.54, 1.807) is 6.92 Å². The highest BCUT2D eigenvalue weighted by atomic mass is 16.5. The first-order valence-corrected chi connectivity index (χ1v) is 10.2. The summed E-state index contributed by atoms with van der Waals surface area (Å²) in [5.41, 5.74) is 9.63. The highest BCUT2D eigenvalue weighted by molar-refractivity contribution is 5.94. The van der Waals surface area contributed by atoms with E-state index in [2.05, 4.69) is 5.32 Å². The summed E-state index contributed by atoms with van der Waals surface area (Å²) in [6, 6.07) is -0.221. The predicted molar refractivity (Wildman–Crippen MR) is 109 cm³/mol. The molecule has 0 aromatic rings. The zero-order chi connectivity index (χ0) is 20.7. The third-order valence-electron chi connectivity index (χ3n) is 5.93. The van der Waals surface area contributed by atoms with Gasteiger partial charge in [0.05, 0.1) is 5.70 Å². The van der Waals surface area contributed by atoms with Gasteiger partial charge in [0.25, 0.3) is 0 Å². The molecule has 7 nitrogen and oxygen atoms in total. The van der Waals surface area contributed by atoms with Gasteiger partial charge in [-0.1, -0.05) is 32.3 Å². The smallest absolute Gasteiger partial charge is 0.321 e. The van der Waals surface area contributed by atoms with Gasteiger partial charge >= 0.3 is 6.03 Å². The van der Waals surface area contributed by atoms with Gasteiger partial charge < -0.3 is 16.0 Å². The molecular weight excluding hydrogens is 356 g/mol. The number of carbonyl (C=O) groups excluding carboxylic acids is 2. The van der Waals surface area contributed by atoms with Crippen molar-refractivity contribution in [3.63, 3.8) is 0 Å². The van der Waals surface area contributed by atoms with Crippen LogP contribution in [0.5, 0.6) is 0 Å². The molecule has 1 saturated carbocycles. The second-order valence-corrected chi connectivity index (χ2v) is 7.76. The van der Waals surface area contributed by atoms with Gasteiger partial charge in [-0.3, -0.25) is 15.5 Å². The zero-order valence-corrected chi connectivity index (χ0v) is 17.3. The number of urea groups is 1. The van der Waals surface area contributed by atoms with Crippen LogP contribution in [-0.4, -0.2) is 35.1 Å². The number of allylic oxidation sites excluding steroid dienone is 2. The van der Waals surface area contributed by atoms with Gasteiger partial charge in [0, 0.05) is 30.4 Å². The second-order valence-electron chi connectivity index (χ2n) is 7.76. The number of carbonyl (C=O) groups is 2. The maximum Gasteiger partial charge on any atom is 0.321 e. The van der Waals surface area contributed by atoms with Gasteiger partial charge in [-0.05, 0) is 50.5 Å². The van der Waals surface area contributed by atoms with Crippen LogP contribution >= 0.6 is 0 Å². The molecule has 28 heavy (non-hydrogen) atoms. The number of nitrogens with zero attached hydrogens (tertiary/aromatic N) is 1. The summed E-state index contributed by atoms with van der Waals surface area (Å²) in [6.07, 6.45) is 9.75. The van der Waals surface area contributed by atoms with Gasteiger partial charge in [-0.2, -0.15) is 0 Å². The Balaban J connectivity index is 2.28. The van der Waals surface area contributed by atoms with Crippen molar-refractivity contribution >= 4 is 11.9 Å². The van der Waals surface area contributed by atoms with Crippen LogP contribution < -0.4 is 16.5 Å². The molecule has 0 aromatic carbocycles. The third-order valence-corrected chi connectivity index (χ3v) is 5.93. The number of hydroxylamine groups is 1. The molecule has 1 heterocycles. The van der Waals surface area contributed by atoms with Crippen LogP contribution in [0.1, 0.15) is 59.3 Å². The first-order valence-electron chi connectivity index (χ1n) is 10.2. The lowest BCUT2D eigenvalue weighted by molar-refractivity contribution is -0.114. The summed E-state index contributed by atoms with van der Waals surface area (Å²) in [5, 5.41) is 12.2. The normalized spacial score (nSPS) is 23.8.